The van der Waals surface area contributed by atoms with E-state index in [1.165, 1.54) is 19.0 Å². The molecular formula is C12H13N3O2. The van der Waals surface area contributed by atoms with E-state index < -0.39 is 5.97 Å². The number of fused-ring (bicyclic) bond motifs is 1. The molecule has 1 atom stereocenters. The smallest absolute Gasteiger partial charge is 0.337 e. The summed E-state index contributed by atoms with van der Waals surface area (Å²) in [6.07, 6.45) is 5.57. The third-order valence-electron chi connectivity index (χ3n) is 3.37. The number of hydrogen-bond acceptors (Lipinski definition) is 3. The molecule has 0 radical (unpaired) electrons. The van der Waals surface area contributed by atoms with E-state index in [2.05, 4.69) is 17.0 Å². The summed E-state index contributed by atoms with van der Waals surface area (Å²) < 4.78 is 1.90. The summed E-state index contributed by atoms with van der Waals surface area (Å²) in [4.78, 5) is 15.0. The highest BCUT2D eigenvalue weighted by Crippen LogP contribution is 2.39. The summed E-state index contributed by atoms with van der Waals surface area (Å²) in [5.41, 5.74) is 0.977. The second-order valence-electron chi connectivity index (χ2n) is 4.61. The molecule has 2 aromatic heterocycles. The molecule has 1 aliphatic rings. The van der Waals surface area contributed by atoms with Crippen molar-refractivity contribution in [2.75, 3.05) is 0 Å². The molecule has 3 rings (SSSR count). The van der Waals surface area contributed by atoms with Crippen molar-refractivity contribution in [1.29, 1.82) is 0 Å². The first-order valence-corrected chi connectivity index (χ1v) is 5.73. The van der Waals surface area contributed by atoms with Crippen molar-refractivity contribution in [3.63, 3.8) is 0 Å². The number of aromatic nitrogens is 3. The Bertz CT molecular complexity index is 586. The van der Waals surface area contributed by atoms with Crippen LogP contribution in [0.2, 0.25) is 0 Å². The number of rotatable bonds is 3. The van der Waals surface area contributed by atoms with Crippen molar-refractivity contribution in [2.24, 2.45) is 5.92 Å². The quantitative estimate of drug-likeness (QED) is 0.878. The van der Waals surface area contributed by atoms with Crippen molar-refractivity contribution in [2.45, 2.75) is 25.8 Å². The van der Waals surface area contributed by atoms with Gasteiger partial charge in [0.25, 0.3) is 0 Å². The summed E-state index contributed by atoms with van der Waals surface area (Å²) in [6, 6.07) is 1.96. The average molecular weight is 231 g/mol. The topological polar surface area (TPSA) is 68.0 Å². The zero-order valence-electron chi connectivity index (χ0n) is 9.50. The highest BCUT2D eigenvalue weighted by molar-refractivity contribution is 5.91. The molecule has 5 nitrogen and oxygen atoms in total. The van der Waals surface area contributed by atoms with Gasteiger partial charge in [0.05, 0.1) is 17.8 Å². The van der Waals surface area contributed by atoms with E-state index in [4.69, 9.17) is 5.11 Å². The van der Waals surface area contributed by atoms with Crippen molar-refractivity contribution < 1.29 is 9.90 Å². The van der Waals surface area contributed by atoms with Crippen LogP contribution >= 0.6 is 0 Å². The van der Waals surface area contributed by atoms with Crippen LogP contribution in [0, 0.1) is 5.92 Å². The predicted molar refractivity (Wildman–Crippen MR) is 61.9 cm³/mol. The molecular weight excluding hydrogens is 218 g/mol. The average Bonchev–Trinajstić information content (AvgIpc) is 3.07. The van der Waals surface area contributed by atoms with E-state index in [-0.39, 0.29) is 5.56 Å². The molecule has 2 heterocycles. The summed E-state index contributed by atoms with van der Waals surface area (Å²) in [6.45, 7) is 2.14. The molecule has 1 fully saturated rings. The Morgan fingerprint density at radius 3 is 2.94 bits per heavy atom. The zero-order chi connectivity index (χ0) is 12.0. The van der Waals surface area contributed by atoms with Crippen molar-refractivity contribution in [1.82, 2.24) is 14.8 Å². The number of hydrogen-bond donors (Lipinski definition) is 1. The SMILES string of the molecule is C[C@H](C1CC1)n1ncc2cc(C(=O)O)cnc21. The van der Waals surface area contributed by atoms with Gasteiger partial charge in [-0.05, 0) is 31.7 Å². The minimum absolute atomic E-state index is 0.205. The van der Waals surface area contributed by atoms with Crippen LogP contribution in [-0.2, 0) is 0 Å². The Kier molecular flexibility index (Phi) is 2.14. The highest BCUT2D eigenvalue weighted by Gasteiger charge is 2.30. The summed E-state index contributed by atoms with van der Waals surface area (Å²) >= 11 is 0. The Morgan fingerprint density at radius 1 is 1.53 bits per heavy atom. The van der Waals surface area contributed by atoms with Crippen molar-refractivity contribution >= 4 is 17.0 Å². The maximum atomic E-state index is 10.8. The van der Waals surface area contributed by atoms with E-state index in [0.29, 0.717) is 12.0 Å². The van der Waals surface area contributed by atoms with E-state index in [1.54, 1.807) is 12.3 Å². The van der Waals surface area contributed by atoms with Crippen LogP contribution in [-0.4, -0.2) is 25.8 Å². The van der Waals surface area contributed by atoms with Crippen molar-refractivity contribution in [3.05, 3.63) is 24.0 Å². The fraction of sp³-hybridized carbons (Fsp3) is 0.417. The molecule has 0 unspecified atom stereocenters. The van der Waals surface area contributed by atoms with Gasteiger partial charge in [-0.1, -0.05) is 0 Å². The lowest BCUT2D eigenvalue weighted by molar-refractivity contribution is 0.0696. The molecule has 0 saturated heterocycles. The van der Waals surface area contributed by atoms with Crippen LogP contribution in [0.1, 0.15) is 36.2 Å². The molecule has 1 aliphatic carbocycles. The molecule has 1 N–H and O–H groups in total. The molecule has 2 aromatic rings. The van der Waals surface area contributed by atoms with Gasteiger partial charge in [-0.15, -0.1) is 0 Å². The zero-order valence-corrected chi connectivity index (χ0v) is 9.50. The number of pyridine rings is 1. The first-order chi connectivity index (χ1) is 8.16. The van der Waals surface area contributed by atoms with Crippen LogP contribution in [0.3, 0.4) is 0 Å². The Labute approximate surface area is 98.1 Å². The van der Waals surface area contributed by atoms with Gasteiger partial charge in [-0.3, -0.25) is 0 Å². The number of carboxylic acids is 1. The normalized spacial score (nSPS) is 17.2. The summed E-state index contributed by atoms with van der Waals surface area (Å²) in [5.74, 6) is -0.263. The maximum Gasteiger partial charge on any atom is 0.337 e. The lowest BCUT2D eigenvalue weighted by Crippen LogP contribution is -2.09. The number of carbonyl (C=O) groups is 1. The van der Waals surface area contributed by atoms with Gasteiger partial charge >= 0.3 is 5.97 Å². The number of carboxylic acid groups (broad SMARTS) is 1. The minimum atomic E-state index is -0.956. The maximum absolute atomic E-state index is 10.8. The van der Waals surface area contributed by atoms with Gasteiger partial charge in [-0.2, -0.15) is 5.10 Å². The van der Waals surface area contributed by atoms with Crippen molar-refractivity contribution in [3.8, 4) is 0 Å². The lowest BCUT2D eigenvalue weighted by atomic mass is 10.2. The summed E-state index contributed by atoms with van der Waals surface area (Å²) in [5, 5.41) is 14.0. The van der Waals surface area contributed by atoms with Gasteiger partial charge in [0.15, 0.2) is 5.65 Å². The number of aromatic carboxylic acids is 1. The summed E-state index contributed by atoms with van der Waals surface area (Å²) in [7, 11) is 0. The standard InChI is InChI=1S/C12H13N3O2/c1-7(8-2-3-8)15-11-9(6-14-15)4-10(5-13-11)12(16)17/h4-8H,2-3H2,1H3,(H,16,17)/t7-/m1/s1. The van der Waals surface area contributed by atoms with Crippen LogP contribution in [0.15, 0.2) is 18.5 Å². The molecule has 5 heteroatoms. The minimum Gasteiger partial charge on any atom is -0.478 e. The van der Waals surface area contributed by atoms with Gasteiger partial charge in [-0.25, -0.2) is 14.5 Å². The second kappa shape index (κ2) is 3.55. The molecule has 1 saturated carbocycles. The molecule has 17 heavy (non-hydrogen) atoms. The third kappa shape index (κ3) is 1.67. The monoisotopic (exact) mass is 231 g/mol. The molecule has 0 bridgehead atoms. The fourth-order valence-corrected chi connectivity index (χ4v) is 2.13. The molecule has 0 amide bonds. The first-order valence-electron chi connectivity index (χ1n) is 5.73. The van der Waals surface area contributed by atoms with E-state index >= 15 is 0 Å². The van der Waals surface area contributed by atoms with Crippen LogP contribution in [0.25, 0.3) is 11.0 Å². The Hall–Kier alpha value is -1.91. The largest absolute Gasteiger partial charge is 0.478 e. The Morgan fingerprint density at radius 2 is 2.29 bits per heavy atom. The fourth-order valence-electron chi connectivity index (χ4n) is 2.13. The van der Waals surface area contributed by atoms with Gasteiger partial charge in [0, 0.05) is 11.6 Å². The van der Waals surface area contributed by atoms with Crippen LogP contribution < -0.4 is 0 Å². The highest BCUT2D eigenvalue weighted by atomic mass is 16.4. The molecule has 88 valence electrons. The Balaban J connectivity index is 2.07. The van der Waals surface area contributed by atoms with E-state index in [1.807, 2.05) is 4.68 Å². The first kappa shape index (κ1) is 10.3. The van der Waals surface area contributed by atoms with Crippen LogP contribution in [0.4, 0.5) is 0 Å². The van der Waals surface area contributed by atoms with Gasteiger partial charge < -0.3 is 5.11 Å². The molecule has 0 aliphatic heterocycles. The van der Waals surface area contributed by atoms with Crippen LogP contribution in [0.5, 0.6) is 0 Å². The van der Waals surface area contributed by atoms with E-state index in [0.717, 1.165) is 11.0 Å². The third-order valence-corrected chi connectivity index (χ3v) is 3.37. The molecule has 0 aromatic carbocycles. The molecule has 0 spiro atoms. The predicted octanol–water partition coefficient (Wildman–Crippen LogP) is 2.10. The van der Waals surface area contributed by atoms with Gasteiger partial charge in [0.1, 0.15) is 0 Å². The lowest BCUT2D eigenvalue weighted by Gasteiger charge is -2.11. The number of nitrogens with zero attached hydrogens (tertiary/aromatic N) is 3. The second-order valence-corrected chi connectivity index (χ2v) is 4.61. The van der Waals surface area contributed by atoms with E-state index in [9.17, 15) is 4.79 Å². The van der Waals surface area contributed by atoms with Gasteiger partial charge in [0.2, 0.25) is 0 Å².